The van der Waals surface area contributed by atoms with E-state index in [0.29, 0.717) is 29.7 Å². The van der Waals surface area contributed by atoms with Gasteiger partial charge in [-0.3, -0.25) is 4.79 Å². The van der Waals surface area contributed by atoms with Gasteiger partial charge < -0.3 is 19.3 Å². The van der Waals surface area contributed by atoms with E-state index < -0.39 is 0 Å². The lowest BCUT2D eigenvalue weighted by Crippen LogP contribution is -2.12. The van der Waals surface area contributed by atoms with E-state index in [0.717, 1.165) is 33.2 Å². The van der Waals surface area contributed by atoms with Crippen LogP contribution in [0.2, 0.25) is 0 Å². The maximum Gasteiger partial charge on any atom is 0.231 e. The van der Waals surface area contributed by atoms with Gasteiger partial charge in [0.1, 0.15) is 0 Å². The van der Waals surface area contributed by atoms with Crippen molar-refractivity contribution in [3.05, 3.63) is 57.1 Å². The zero-order chi connectivity index (χ0) is 21.2. The molecule has 0 aliphatic carbocycles. The molecule has 0 fully saturated rings. The number of thiazole rings is 1. The highest BCUT2D eigenvalue weighted by Crippen LogP contribution is 2.34. The van der Waals surface area contributed by atoms with Crippen LogP contribution in [0.3, 0.4) is 0 Å². The SMILES string of the molecule is Cc1nc(NC(=O)CCc2nc(-c3ccsc3)no2)sc1Cc1ccc2c(c1)OCO2. The first-order valence-electron chi connectivity index (χ1n) is 9.64. The zero-order valence-corrected chi connectivity index (χ0v) is 18.2. The van der Waals surface area contributed by atoms with E-state index in [9.17, 15) is 4.79 Å². The Morgan fingerprint density at radius 1 is 1.19 bits per heavy atom. The van der Waals surface area contributed by atoms with Crippen LogP contribution < -0.4 is 14.8 Å². The summed E-state index contributed by atoms with van der Waals surface area (Å²) in [6.07, 6.45) is 1.32. The fraction of sp³-hybridized carbons (Fsp3) is 0.238. The molecule has 1 amide bonds. The maximum atomic E-state index is 12.4. The third-order valence-corrected chi connectivity index (χ3v) is 6.51. The number of nitrogens with one attached hydrogen (secondary N) is 1. The highest BCUT2D eigenvalue weighted by Gasteiger charge is 2.16. The number of amides is 1. The number of benzene rings is 1. The van der Waals surface area contributed by atoms with E-state index in [1.54, 1.807) is 11.3 Å². The van der Waals surface area contributed by atoms with Crippen molar-refractivity contribution in [1.29, 1.82) is 0 Å². The van der Waals surface area contributed by atoms with Crippen LogP contribution in [-0.2, 0) is 17.6 Å². The monoisotopic (exact) mass is 454 g/mol. The first-order chi connectivity index (χ1) is 15.1. The summed E-state index contributed by atoms with van der Waals surface area (Å²) in [4.78, 5) is 22.3. The molecule has 0 atom stereocenters. The zero-order valence-electron chi connectivity index (χ0n) is 16.6. The number of hydrogen-bond acceptors (Lipinski definition) is 9. The van der Waals surface area contributed by atoms with Crippen molar-refractivity contribution in [2.75, 3.05) is 12.1 Å². The van der Waals surface area contributed by atoms with Gasteiger partial charge in [0, 0.05) is 35.1 Å². The van der Waals surface area contributed by atoms with Crippen LogP contribution in [0.1, 0.15) is 28.4 Å². The third-order valence-electron chi connectivity index (χ3n) is 4.75. The van der Waals surface area contributed by atoms with E-state index in [1.165, 1.54) is 11.3 Å². The number of carbonyl (C=O) groups is 1. The number of aryl methyl sites for hydroxylation is 2. The first kappa shape index (κ1) is 19.7. The quantitative estimate of drug-likeness (QED) is 0.440. The molecule has 0 saturated carbocycles. The molecule has 5 rings (SSSR count). The molecule has 1 N–H and O–H groups in total. The van der Waals surface area contributed by atoms with Crippen LogP contribution in [0.25, 0.3) is 11.4 Å². The Kier molecular flexibility index (Phi) is 5.39. The molecule has 0 spiro atoms. The molecule has 8 nitrogen and oxygen atoms in total. The fourth-order valence-corrected chi connectivity index (χ4v) is 4.80. The molecule has 158 valence electrons. The van der Waals surface area contributed by atoms with Crippen molar-refractivity contribution in [1.82, 2.24) is 15.1 Å². The minimum absolute atomic E-state index is 0.140. The summed E-state index contributed by atoms with van der Waals surface area (Å²) in [6.45, 7) is 2.20. The van der Waals surface area contributed by atoms with Crippen molar-refractivity contribution in [2.24, 2.45) is 0 Å². The summed E-state index contributed by atoms with van der Waals surface area (Å²) < 4.78 is 16.0. The summed E-state index contributed by atoms with van der Waals surface area (Å²) in [6, 6.07) is 7.84. The van der Waals surface area contributed by atoms with Crippen molar-refractivity contribution < 1.29 is 18.8 Å². The molecule has 4 heterocycles. The van der Waals surface area contributed by atoms with Gasteiger partial charge in [-0.25, -0.2) is 4.98 Å². The predicted molar refractivity (Wildman–Crippen MR) is 117 cm³/mol. The van der Waals surface area contributed by atoms with Crippen molar-refractivity contribution >= 4 is 33.7 Å². The maximum absolute atomic E-state index is 12.4. The lowest BCUT2D eigenvalue weighted by Gasteiger charge is -2.02. The van der Waals surface area contributed by atoms with Gasteiger partial charge in [-0.05, 0) is 36.1 Å². The lowest BCUT2D eigenvalue weighted by atomic mass is 10.1. The van der Waals surface area contributed by atoms with E-state index >= 15 is 0 Å². The molecular formula is C21H18N4O4S2. The summed E-state index contributed by atoms with van der Waals surface area (Å²) in [7, 11) is 0. The topological polar surface area (TPSA) is 99.4 Å². The second kappa shape index (κ2) is 8.48. The van der Waals surface area contributed by atoms with Crippen LogP contribution in [0.5, 0.6) is 11.5 Å². The van der Waals surface area contributed by atoms with Gasteiger partial charge >= 0.3 is 0 Å². The Labute approximate surface area is 185 Å². The number of thiophene rings is 1. The molecule has 31 heavy (non-hydrogen) atoms. The minimum atomic E-state index is -0.140. The van der Waals surface area contributed by atoms with E-state index in [4.69, 9.17) is 14.0 Å². The number of hydrogen-bond donors (Lipinski definition) is 1. The first-order valence-corrected chi connectivity index (χ1v) is 11.4. The van der Waals surface area contributed by atoms with Gasteiger partial charge in [0.15, 0.2) is 16.6 Å². The number of aromatic nitrogens is 3. The van der Waals surface area contributed by atoms with Crippen LogP contribution in [0.15, 0.2) is 39.5 Å². The Bertz CT molecular complexity index is 1220. The number of anilines is 1. The summed E-state index contributed by atoms with van der Waals surface area (Å²) in [5.74, 6) is 2.37. The number of nitrogens with zero attached hydrogens (tertiary/aromatic N) is 3. The largest absolute Gasteiger partial charge is 0.454 e. The normalized spacial score (nSPS) is 12.3. The van der Waals surface area contributed by atoms with E-state index in [1.807, 2.05) is 41.9 Å². The highest BCUT2D eigenvalue weighted by molar-refractivity contribution is 7.15. The Hall–Kier alpha value is -3.24. The van der Waals surface area contributed by atoms with Crippen LogP contribution in [0, 0.1) is 6.92 Å². The van der Waals surface area contributed by atoms with Crippen molar-refractivity contribution in [3.63, 3.8) is 0 Å². The van der Waals surface area contributed by atoms with Gasteiger partial charge in [-0.15, -0.1) is 11.3 Å². The molecule has 0 unspecified atom stereocenters. The van der Waals surface area contributed by atoms with Gasteiger partial charge in [-0.1, -0.05) is 11.2 Å². The standard InChI is InChI=1S/C21H18N4O4S2/c1-12-17(9-13-2-3-15-16(8-13)28-11-27-15)31-21(22-12)23-18(26)4-5-19-24-20(25-29-19)14-6-7-30-10-14/h2-3,6-8,10H,4-5,9,11H2,1H3,(H,22,23,26). The average molecular weight is 455 g/mol. The van der Waals surface area contributed by atoms with Crippen LogP contribution in [0.4, 0.5) is 5.13 Å². The molecule has 0 saturated heterocycles. The molecule has 0 bridgehead atoms. The minimum Gasteiger partial charge on any atom is -0.454 e. The van der Waals surface area contributed by atoms with Gasteiger partial charge in [-0.2, -0.15) is 16.3 Å². The Balaban J connectivity index is 1.17. The molecule has 3 aromatic heterocycles. The number of fused-ring (bicyclic) bond motifs is 1. The van der Waals surface area contributed by atoms with Gasteiger partial charge in [0.2, 0.25) is 24.4 Å². The number of carbonyl (C=O) groups excluding carboxylic acids is 1. The average Bonchev–Trinajstić information content (AvgIpc) is 3.54. The predicted octanol–water partition coefficient (Wildman–Crippen LogP) is 4.45. The lowest BCUT2D eigenvalue weighted by molar-refractivity contribution is -0.116. The molecule has 10 heteroatoms. The number of ether oxygens (including phenoxy) is 2. The second-order valence-corrected chi connectivity index (χ2v) is 8.83. The van der Waals surface area contributed by atoms with Gasteiger partial charge in [0.25, 0.3) is 0 Å². The highest BCUT2D eigenvalue weighted by atomic mass is 32.1. The van der Waals surface area contributed by atoms with E-state index in [-0.39, 0.29) is 19.1 Å². The summed E-state index contributed by atoms with van der Waals surface area (Å²) in [5.41, 5.74) is 2.92. The van der Waals surface area contributed by atoms with Crippen LogP contribution in [-0.4, -0.2) is 27.8 Å². The van der Waals surface area contributed by atoms with E-state index in [2.05, 4.69) is 20.4 Å². The smallest absolute Gasteiger partial charge is 0.231 e. The third kappa shape index (κ3) is 4.44. The van der Waals surface area contributed by atoms with Crippen molar-refractivity contribution in [3.8, 4) is 22.9 Å². The van der Waals surface area contributed by atoms with Gasteiger partial charge in [0.05, 0.1) is 5.69 Å². The van der Waals surface area contributed by atoms with Crippen molar-refractivity contribution in [2.45, 2.75) is 26.2 Å². The summed E-state index contributed by atoms with van der Waals surface area (Å²) >= 11 is 3.04. The Morgan fingerprint density at radius 3 is 2.97 bits per heavy atom. The second-order valence-electron chi connectivity index (χ2n) is 6.96. The number of rotatable bonds is 7. The van der Waals surface area contributed by atoms with Crippen LogP contribution >= 0.6 is 22.7 Å². The molecule has 1 aliphatic heterocycles. The molecule has 1 aromatic carbocycles. The Morgan fingerprint density at radius 2 is 2.10 bits per heavy atom. The fourth-order valence-electron chi connectivity index (χ4n) is 3.15. The molecular weight excluding hydrogens is 436 g/mol. The molecule has 0 radical (unpaired) electrons. The molecule has 1 aliphatic rings. The molecule has 4 aromatic rings. The summed E-state index contributed by atoms with van der Waals surface area (Å²) in [5, 5.41) is 11.3.